The number of alkyl halides is 3. The molecule has 1 rings (SSSR count). The maximum atomic E-state index is 12.4. The number of anilines is 1. The van der Waals surface area contributed by atoms with Crippen LogP contribution >= 0.6 is 0 Å². The molecule has 7 heteroatoms. The number of methoxy groups -OCH3 is 1. The van der Waals surface area contributed by atoms with Crippen molar-refractivity contribution in [2.75, 3.05) is 19.0 Å². The molecule has 0 aliphatic heterocycles. The number of hydrogen-bond acceptors (Lipinski definition) is 3. The Labute approximate surface area is 108 Å². The van der Waals surface area contributed by atoms with Gasteiger partial charge in [0.1, 0.15) is 6.04 Å². The SMILES string of the molecule is COCC(N)C(=O)Nc1ccccc1CC(F)(F)F. The lowest BCUT2D eigenvalue weighted by Gasteiger charge is -2.15. The van der Waals surface area contributed by atoms with Gasteiger partial charge in [0.15, 0.2) is 0 Å². The number of nitrogens with one attached hydrogen (secondary N) is 1. The van der Waals surface area contributed by atoms with E-state index in [0.29, 0.717) is 0 Å². The fourth-order valence-electron chi connectivity index (χ4n) is 1.49. The smallest absolute Gasteiger partial charge is 0.383 e. The minimum absolute atomic E-state index is 0.00651. The molecule has 3 N–H and O–H groups in total. The highest BCUT2D eigenvalue weighted by Crippen LogP contribution is 2.26. The lowest BCUT2D eigenvalue weighted by atomic mass is 10.1. The van der Waals surface area contributed by atoms with E-state index in [2.05, 4.69) is 5.32 Å². The Kier molecular flexibility index (Phi) is 5.31. The lowest BCUT2D eigenvalue weighted by molar-refractivity contribution is -0.127. The van der Waals surface area contributed by atoms with E-state index < -0.39 is 24.5 Å². The Bertz CT molecular complexity index is 435. The minimum atomic E-state index is -4.34. The molecule has 1 amide bonds. The van der Waals surface area contributed by atoms with Crippen LogP contribution in [0.3, 0.4) is 0 Å². The fourth-order valence-corrected chi connectivity index (χ4v) is 1.49. The van der Waals surface area contributed by atoms with Crippen molar-refractivity contribution in [3.63, 3.8) is 0 Å². The van der Waals surface area contributed by atoms with Gasteiger partial charge in [-0.2, -0.15) is 13.2 Å². The summed E-state index contributed by atoms with van der Waals surface area (Å²) in [6, 6.07) is 4.80. The van der Waals surface area contributed by atoms with Crippen molar-refractivity contribution >= 4 is 11.6 Å². The minimum Gasteiger partial charge on any atom is -0.383 e. The zero-order valence-electron chi connectivity index (χ0n) is 10.3. The van der Waals surface area contributed by atoms with Crippen LogP contribution in [-0.4, -0.2) is 31.8 Å². The molecule has 0 aliphatic carbocycles. The van der Waals surface area contributed by atoms with Crippen molar-refractivity contribution < 1.29 is 22.7 Å². The zero-order chi connectivity index (χ0) is 14.5. The van der Waals surface area contributed by atoms with Crippen LogP contribution in [0.2, 0.25) is 0 Å². The molecule has 0 heterocycles. The van der Waals surface area contributed by atoms with Gasteiger partial charge in [0, 0.05) is 12.8 Å². The topological polar surface area (TPSA) is 64.3 Å². The van der Waals surface area contributed by atoms with Gasteiger partial charge in [-0.1, -0.05) is 18.2 Å². The van der Waals surface area contributed by atoms with E-state index in [1.165, 1.54) is 31.4 Å². The summed E-state index contributed by atoms with van der Waals surface area (Å²) in [6.07, 6.45) is -5.45. The molecule has 0 aromatic heterocycles. The first kappa shape index (κ1) is 15.5. The second-order valence-electron chi connectivity index (χ2n) is 4.00. The second-order valence-corrected chi connectivity index (χ2v) is 4.00. The second kappa shape index (κ2) is 6.53. The normalized spacial score (nSPS) is 13.1. The largest absolute Gasteiger partial charge is 0.393 e. The first-order valence-corrected chi connectivity index (χ1v) is 5.53. The number of nitrogens with two attached hydrogens (primary N) is 1. The average molecular weight is 276 g/mol. The number of halogens is 3. The molecule has 0 bridgehead atoms. The molecule has 0 fully saturated rings. The summed E-state index contributed by atoms with van der Waals surface area (Å²) >= 11 is 0. The van der Waals surface area contributed by atoms with E-state index >= 15 is 0 Å². The van der Waals surface area contributed by atoms with Crippen LogP contribution in [0, 0.1) is 0 Å². The summed E-state index contributed by atoms with van der Waals surface area (Å²) in [5, 5.41) is 2.37. The third-order valence-electron chi connectivity index (χ3n) is 2.35. The predicted octanol–water partition coefficient (Wildman–Crippen LogP) is 1.70. The Balaban J connectivity index is 2.81. The van der Waals surface area contributed by atoms with Gasteiger partial charge in [0.25, 0.3) is 0 Å². The van der Waals surface area contributed by atoms with Crippen LogP contribution in [0.4, 0.5) is 18.9 Å². The van der Waals surface area contributed by atoms with Crippen LogP contribution in [-0.2, 0) is 16.0 Å². The highest BCUT2D eigenvalue weighted by molar-refractivity contribution is 5.95. The summed E-state index contributed by atoms with van der Waals surface area (Å²) in [6.45, 7) is -0.00668. The molecule has 1 unspecified atom stereocenters. The van der Waals surface area contributed by atoms with Crippen LogP contribution < -0.4 is 11.1 Å². The number of carbonyl (C=O) groups excluding carboxylic acids is 1. The zero-order valence-corrected chi connectivity index (χ0v) is 10.3. The Morgan fingerprint density at radius 3 is 2.63 bits per heavy atom. The van der Waals surface area contributed by atoms with E-state index in [1.807, 2.05) is 0 Å². The number of rotatable bonds is 5. The standard InChI is InChI=1S/C12H15F3N2O2/c1-19-7-9(16)11(18)17-10-5-3-2-4-8(10)6-12(13,14)15/h2-5,9H,6-7,16H2,1H3,(H,17,18). The van der Waals surface area contributed by atoms with E-state index in [1.54, 1.807) is 0 Å². The number of ether oxygens (including phenoxy) is 1. The summed E-state index contributed by atoms with van der Waals surface area (Å²) in [4.78, 5) is 11.6. The molecule has 0 radical (unpaired) electrons. The van der Waals surface area contributed by atoms with E-state index in [4.69, 9.17) is 10.5 Å². The molecule has 1 atom stereocenters. The van der Waals surface area contributed by atoms with Gasteiger partial charge in [0.2, 0.25) is 5.91 Å². The van der Waals surface area contributed by atoms with Crippen molar-refractivity contribution in [1.82, 2.24) is 0 Å². The molecule has 0 aliphatic rings. The molecule has 1 aromatic rings. The first-order valence-electron chi connectivity index (χ1n) is 5.53. The van der Waals surface area contributed by atoms with Gasteiger partial charge in [-0.25, -0.2) is 0 Å². The van der Waals surface area contributed by atoms with Gasteiger partial charge in [-0.15, -0.1) is 0 Å². The monoisotopic (exact) mass is 276 g/mol. The summed E-state index contributed by atoms with van der Waals surface area (Å²) in [7, 11) is 1.38. The van der Waals surface area contributed by atoms with Crippen LogP contribution in [0.5, 0.6) is 0 Å². The number of carbonyl (C=O) groups is 1. The van der Waals surface area contributed by atoms with Gasteiger partial charge in [0.05, 0.1) is 13.0 Å². The molecular weight excluding hydrogens is 261 g/mol. The highest BCUT2D eigenvalue weighted by atomic mass is 19.4. The third-order valence-corrected chi connectivity index (χ3v) is 2.35. The van der Waals surface area contributed by atoms with Crippen LogP contribution in [0.25, 0.3) is 0 Å². The molecular formula is C12H15F3N2O2. The quantitative estimate of drug-likeness (QED) is 0.860. The van der Waals surface area contributed by atoms with Crippen LogP contribution in [0.15, 0.2) is 24.3 Å². The Morgan fingerprint density at radius 2 is 2.05 bits per heavy atom. The number of hydrogen-bond donors (Lipinski definition) is 2. The summed E-state index contributed by atoms with van der Waals surface area (Å²) in [5.41, 5.74) is 5.59. The van der Waals surface area contributed by atoms with Gasteiger partial charge >= 0.3 is 6.18 Å². The van der Waals surface area contributed by atoms with Gasteiger partial charge in [-0.05, 0) is 11.6 Å². The van der Waals surface area contributed by atoms with Crippen molar-refractivity contribution in [1.29, 1.82) is 0 Å². The third kappa shape index (κ3) is 5.27. The summed E-state index contributed by atoms with van der Waals surface area (Å²) < 4.78 is 41.8. The molecule has 0 saturated carbocycles. The molecule has 106 valence electrons. The number of amides is 1. The Morgan fingerprint density at radius 1 is 1.42 bits per heavy atom. The molecule has 1 aromatic carbocycles. The maximum absolute atomic E-state index is 12.4. The fraction of sp³-hybridized carbons (Fsp3) is 0.417. The average Bonchev–Trinajstić information content (AvgIpc) is 2.30. The van der Waals surface area contributed by atoms with Crippen molar-refractivity contribution in [3.8, 4) is 0 Å². The van der Waals surface area contributed by atoms with E-state index in [0.717, 1.165) is 0 Å². The first-order chi connectivity index (χ1) is 8.83. The predicted molar refractivity (Wildman–Crippen MR) is 64.7 cm³/mol. The lowest BCUT2D eigenvalue weighted by Crippen LogP contribution is -2.39. The maximum Gasteiger partial charge on any atom is 0.393 e. The number of para-hydroxylation sites is 1. The molecule has 0 saturated heterocycles. The number of benzene rings is 1. The summed E-state index contributed by atoms with van der Waals surface area (Å²) in [5.74, 6) is -0.587. The van der Waals surface area contributed by atoms with E-state index in [-0.39, 0.29) is 17.9 Å². The van der Waals surface area contributed by atoms with Crippen LogP contribution in [0.1, 0.15) is 5.56 Å². The Hall–Kier alpha value is -1.60. The molecule has 0 spiro atoms. The van der Waals surface area contributed by atoms with Crippen molar-refractivity contribution in [2.24, 2.45) is 5.73 Å². The van der Waals surface area contributed by atoms with Gasteiger partial charge in [-0.3, -0.25) is 4.79 Å². The molecule has 4 nitrogen and oxygen atoms in total. The van der Waals surface area contributed by atoms with Crippen molar-refractivity contribution in [3.05, 3.63) is 29.8 Å². The van der Waals surface area contributed by atoms with E-state index in [9.17, 15) is 18.0 Å². The highest BCUT2D eigenvalue weighted by Gasteiger charge is 2.29. The van der Waals surface area contributed by atoms with Crippen molar-refractivity contribution in [2.45, 2.75) is 18.6 Å². The van der Waals surface area contributed by atoms with Gasteiger partial charge < -0.3 is 15.8 Å². The molecule has 19 heavy (non-hydrogen) atoms.